The number of aromatic nitrogens is 2. The number of hydrogen-bond donors (Lipinski definition) is 1. The van der Waals surface area contributed by atoms with Crippen LogP contribution in [0, 0.1) is 0 Å². The summed E-state index contributed by atoms with van der Waals surface area (Å²) in [5, 5.41) is 4.78. The van der Waals surface area contributed by atoms with Gasteiger partial charge in [-0.3, -0.25) is 8.89 Å². The van der Waals surface area contributed by atoms with Gasteiger partial charge in [-0.05, 0) is 30.7 Å². The Morgan fingerprint density at radius 2 is 2.16 bits per heavy atom. The molecular formula is C13H16ClN3OS. The Labute approximate surface area is 120 Å². The van der Waals surface area contributed by atoms with E-state index in [4.69, 9.17) is 17.3 Å². The molecule has 1 atom stereocenters. The van der Waals surface area contributed by atoms with Gasteiger partial charge in [-0.1, -0.05) is 18.5 Å². The summed E-state index contributed by atoms with van der Waals surface area (Å²) in [7, 11) is 0.710. The van der Waals surface area contributed by atoms with Gasteiger partial charge in [0, 0.05) is 11.9 Å². The first-order valence-electron chi connectivity index (χ1n) is 5.96. The van der Waals surface area contributed by atoms with Crippen molar-refractivity contribution >= 4 is 28.1 Å². The topological polar surface area (TPSA) is 60.9 Å². The molecule has 1 aromatic heterocycles. The van der Waals surface area contributed by atoms with Crippen molar-refractivity contribution < 1.29 is 4.21 Å². The number of halogens is 1. The lowest BCUT2D eigenvalue weighted by molar-refractivity contribution is 0.675. The minimum absolute atomic E-state index is 0.420. The Balaban J connectivity index is 2.20. The monoisotopic (exact) mass is 297 g/mol. The van der Waals surface area contributed by atoms with Gasteiger partial charge in [0.1, 0.15) is 0 Å². The van der Waals surface area contributed by atoms with E-state index in [1.54, 1.807) is 22.9 Å². The van der Waals surface area contributed by atoms with E-state index in [0.29, 0.717) is 21.4 Å². The van der Waals surface area contributed by atoms with E-state index in [-0.39, 0.29) is 0 Å². The van der Waals surface area contributed by atoms with Crippen LogP contribution in [0.3, 0.4) is 0 Å². The zero-order chi connectivity index (χ0) is 14.0. The molecule has 0 saturated carbocycles. The number of nitrogens with zero attached hydrogens (tertiary/aromatic N) is 2. The number of anilines is 1. The highest BCUT2D eigenvalue weighted by atomic mass is 35.5. The molecule has 2 N–H and O–H groups in total. The number of aryl methyl sites for hydroxylation is 2. The summed E-state index contributed by atoms with van der Waals surface area (Å²) >= 11 is 5.94. The van der Waals surface area contributed by atoms with Crippen molar-refractivity contribution in [3.8, 4) is 0 Å². The molecule has 2 aromatic rings. The first kappa shape index (κ1) is 14.1. The molecule has 1 heterocycles. The van der Waals surface area contributed by atoms with Gasteiger partial charge in [-0.15, -0.1) is 0 Å². The summed E-state index contributed by atoms with van der Waals surface area (Å²) in [6.45, 7) is 2.04. The van der Waals surface area contributed by atoms with E-state index in [0.717, 1.165) is 17.8 Å². The summed E-state index contributed by atoms with van der Waals surface area (Å²) < 4.78 is 14.1. The molecule has 0 aliphatic heterocycles. The number of rotatable bonds is 4. The molecule has 19 heavy (non-hydrogen) atoms. The van der Waals surface area contributed by atoms with Crippen molar-refractivity contribution in [2.45, 2.75) is 24.0 Å². The Morgan fingerprint density at radius 3 is 2.74 bits per heavy atom. The third-order valence-corrected chi connectivity index (χ3v) is 4.57. The molecule has 0 bridgehead atoms. The van der Waals surface area contributed by atoms with E-state index in [1.807, 2.05) is 20.0 Å². The van der Waals surface area contributed by atoms with E-state index in [2.05, 4.69) is 5.10 Å². The lowest BCUT2D eigenvalue weighted by Gasteiger charge is -2.05. The molecule has 2 rings (SSSR count). The zero-order valence-electron chi connectivity index (χ0n) is 10.9. The maximum atomic E-state index is 12.3. The van der Waals surface area contributed by atoms with Crippen LogP contribution >= 0.6 is 11.6 Å². The van der Waals surface area contributed by atoms with Gasteiger partial charge >= 0.3 is 0 Å². The predicted octanol–water partition coefficient (Wildman–Crippen LogP) is 2.53. The number of nitrogens with two attached hydrogens (primary N) is 1. The quantitative estimate of drug-likeness (QED) is 0.882. The molecule has 6 heteroatoms. The fraction of sp³-hybridized carbons (Fsp3) is 0.308. The van der Waals surface area contributed by atoms with Crippen molar-refractivity contribution in [1.82, 2.24) is 9.78 Å². The first-order chi connectivity index (χ1) is 9.01. The van der Waals surface area contributed by atoms with Crippen LogP contribution in [0.25, 0.3) is 0 Å². The van der Waals surface area contributed by atoms with Crippen molar-refractivity contribution in [3.05, 3.63) is 40.7 Å². The number of nitrogen functional groups attached to an aromatic ring is 1. The number of benzene rings is 1. The van der Waals surface area contributed by atoms with E-state index >= 15 is 0 Å². The molecule has 0 amide bonds. The highest BCUT2D eigenvalue weighted by molar-refractivity contribution is 7.84. The largest absolute Gasteiger partial charge is 0.398 e. The lowest BCUT2D eigenvalue weighted by Crippen LogP contribution is -2.03. The van der Waals surface area contributed by atoms with Gasteiger partial charge in [0.25, 0.3) is 0 Å². The number of hydrogen-bond acceptors (Lipinski definition) is 3. The van der Waals surface area contributed by atoms with Crippen LogP contribution in [0.4, 0.5) is 5.69 Å². The maximum absolute atomic E-state index is 12.3. The molecule has 0 aliphatic rings. The molecule has 1 unspecified atom stereocenters. The van der Waals surface area contributed by atoms with Crippen LogP contribution in [0.2, 0.25) is 5.02 Å². The average Bonchev–Trinajstić information content (AvgIpc) is 2.73. The van der Waals surface area contributed by atoms with Crippen LogP contribution in [-0.4, -0.2) is 14.0 Å². The van der Waals surface area contributed by atoms with Gasteiger partial charge in [0.2, 0.25) is 0 Å². The van der Waals surface area contributed by atoms with Gasteiger partial charge in [-0.25, -0.2) is 0 Å². The fourth-order valence-electron chi connectivity index (χ4n) is 1.75. The smallest absolute Gasteiger partial charge is 0.0702 e. The third kappa shape index (κ3) is 3.16. The molecule has 1 aromatic carbocycles. The SMILES string of the molecule is CCc1cc(CS(=O)c2ccc(N)c(Cl)c2)n(C)n1. The normalized spacial score (nSPS) is 12.6. The van der Waals surface area contributed by atoms with Gasteiger partial charge in [0.15, 0.2) is 0 Å². The van der Waals surface area contributed by atoms with E-state index in [1.165, 1.54) is 0 Å². The Hall–Kier alpha value is -1.33. The summed E-state index contributed by atoms with van der Waals surface area (Å²) in [5.41, 5.74) is 8.09. The van der Waals surface area contributed by atoms with Crippen molar-refractivity contribution in [2.75, 3.05) is 5.73 Å². The van der Waals surface area contributed by atoms with Gasteiger partial charge < -0.3 is 5.73 Å². The predicted molar refractivity (Wildman–Crippen MR) is 78.6 cm³/mol. The highest BCUT2D eigenvalue weighted by Crippen LogP contribution is 2.23. The van der Waals surface area contributed by atoms with Crippen LogP contribution in [0.1, 0.15) is 18.3 Å². The first-order valence-corrected chi connectivity index (χ1v) is 7.66. The van der Waals surface area contributed by atoms with Crippen molar-refractivity contribution in [3.63, 3.8) is 0 Å². The summed E-state index contributed by atoms with van der Waals surface area (Å²) in [6, 6.07) is 7.06. The Bertz CT molecular complexity index is 624. The Kier molecular flexibility index (Phi) is 4.27. The minimum atomic E-state index is -1.15. The molecule has 0 aliphatic carbocycles. The maximum Gasteiger partial charge on any atom is 0.0702 e. The van der Waals surface area contributed by atoms with E-state index in [9.17, 15) is 4.21 Å². The van der Waals surface area contributed by atoms with Gasteiger partial charge in [-0.2, -0.15) is 5.10 Å². The molecule has 4 nitrogen and oxygen atoms in total. The molecular weight excluding hydrogens is 282 g/mol. The second-order valence-corrected chi connectivity index (χ2v) is 6.14. The second-order valence-electron chi connectivity index (χ2n) is 4.28. The van der Waals surface area contributed by atoms with Crippen molar-refractivity contribution in [1.29, 1.82) is 0 Å². The summed E-state index contributed by atoms with van der Waals surface area (Å²) in [4.78, 5) is 0.679. The summed E-state index contributed by atoms with van der Waals surface area (Å²) in [5.74, 6) is 0.420. The molecule has 102 valence electrons. The fourth-order valence-corrected chi connectivity index (χ4v) is 3.17. The average molecular weight is 298 g/mol. The van der Waals surface area contributed by atoms with E-state index < -0.39 is 10.8 Å². The van der Waals surface area contributed by atoms with Crippen LogP contribution in [-0.2, 0) is 30.0 Å². The third-order valence-electron chi connectivity index (χ3n) is 2.90. The molecule has 0 fully saturated rings. The lowest BCUT2D eigenvalue weighted by atomic mass is 10.3. The van der Waals surface area contributed by atoms with Crippen LogP contribution < -0.4 is 5.73 Å². The summed E-state index contributed by atoms with van der Waals surface area (Å²) in [6.07, 6.45) is 0.869. The highest BCUT2D eigenvalue weighted by Gasteiger charge is 2.11. The second kappa shape index (κ2) is 5.75. The molecule has 0 radical (unpaired) electrons. The van der Waals surface area contributed by atoms with Crippen molar-refractivity contribution in [2.24, 2.45) is 7.05 Å². The molecule has 0 saturated heterocycles. The van der Waals surface area contributed by atoms with Gasteiger partial charge in [0.05, 0.1) is 38.7 Å². The van der Waals surface area contributed by atoms with Crippen LogP contribution in [0.15, 0.2) is 29.2 Å². The minimum Gasteiger partial charge on any atom is -0.398 e. The van der Waals surface area contributed by atoms with Crippen LogP contribution in [0.5, 0.6) is 0 Å². The molecule has 0 spiro atoms. The standard InChI is InChI=1S/C13H16ClN3OS/c1-3-9-6-10(17(2)16-9)8-19(18)11-4-5-13(15)12(14)7-11/h4-7H,3,8,15H2,1-2H3. The Morgan fingerprint density at radius 1 is 1.42 bits per heavy atom. The zero-order valence-corrected chi connectivity index (χ0v) is 12.5.